The third-order valence-corrected chi connectivity index (χ3v) is 3.30. The van der Waals surface area contributed by atoms with E-state index in [1.54, 1.807) is 6.92 Å². The number of hydrogen-bond donors (Lipinski definition) is 2. The molecular formula is C14H14F2N4O. The van der Waals surface area contributed by atoms with E-state index < -0.39 is 11.6 Å². The third kappa shape index (κ3) is 2.78. The van der Waals surface area contributed by atoms with Crippen LogP contribution in [0.25, 0.3) is 0 Å². The molecule has 1 aromatic carbocycles. The molecule has 0 radical (unpaired) electrons. The Bertz CT molecular complexity index is 689. The van der Waals surface area contributed by atoms with Crippen LogP contribution in [0, 0.1) is 18.6 Å². The van der Waals surface area contributed by atoms with E-state index in [1.807, 2.05) is 0 Å². The highest BCUT2D eigenvalue weighted by Crippen LogP contribution is 2.40. The second-order valence-electron chi connectivity index (χ2n) is 4.96. The van der Waals surface area contributed by atoms with Crippen molar-refractivity contribution < 1.29 is 13.5 Å². The van der Waals surface area contributed by atoms with E-state index >= 15 is 0 Å². The average Bonchev–Trinajstić information content (AvgIpc) is 3.29. The fraction of sp³-hybridized carbons (Fsp3) is 0.286. The van der Waals surface area contributed by atoms with Crippen LogP contribution in [-0.2, 0) is 0 Å². The molecule has 0 amide bonds. The highest BCUT2D eigenvalue weighted by Gasteiger charge is 2.28. The molecule has 2 aromatic rings. The van der Waals surface area contributed by atoms with Crippen LogP contribution in [0.1, 0.15) is 30.1 Å². The topological polar surface area (TPSA) is 73.1 Å². The first-order valence-corrected chi connectivity index (χ1v) is 6.56. The minimum absolute atomic E-state index is 0.167. The zero-order valence-electron chi connectivity index (χ0n) is 11.4. The minimum atomic E-state index is -0.973. The van der Waals surface area contributed by atoms with E-state index in [0.717, 1.165) is 25.0 Å². The maximum Gasteiger partial charge on any atom is 0.227 e. The van der Waals surface area contributed by atoms with E-state index in [9.17, 15) is 8.78 Å². The Morgan fingerprint density at radius 3 is 2.62 bits per heavy atom. The summed E-state index contributed by atoms with van der Waals surface area (Å²) in [5.41, 5.74) is 3.10. The number of ether oxygens (including phenoxy) is 1. The number of hydrazine groups is 1. The summed E-state index contributed by atoms with van der Waals surface area (Å²) in [5, 5.41) is 0. The summed E-state index contributed by atoms with van der Waals surface area (Å²) in [6, 6.07) is 3.32. The van der Waals surface area contributed by atoms with Crippen molar-refractivity contribution in [2.45, 2.75) is 25.7 Å². The quantitative estimate of drug-likeness (QED) is 0.669. The van der Waals surface area contributed by atoms with E-state index in [0.29, 0.717) is 23.1 Å². The van der Waals surface area contributed by atoms with Crippen molar-refractivity contribution >= 4 is 5.82 Å². The molecule has 1 aliphatic rings. The van der Waals surface area contributed by atoms with Crippen molar-refractivity contribution in [3.05, 3.63) is 41.2 Å². The van der Waals surface area contributed by atoms with Gasteiger partial charge in [0.1, 0.15) is 11.6 Å². The van der Waals surface area contributed by atoms with Crippen molar-refractivity contribution in [1.29, 1.82) is 0 Å². The van der Waals surface area contributed by atoms with Gasteiger partial charge in [-0.1, -0.05) is 0 Å². The van der Waals surface area contributed by atoms with Gasteiger partial charge in [-0.3, -0.25) is 0 Å². The van der Waals surface area contributed by atoms with Gasteiger partial charge < -0.3 is 10.2 Å². The highest BCUT2D eigenvalue weighted by atomic mass is 19.2. The summed E-state index contributed by atoms with van der Waals surface area (Å²) in [5.74, 6) is 5.41. The zero-order valence-corrected chi connectivity index (χ0v) is 11.4. The largest absolute Gasteiger partial charge is 0.438 e. The van der Waals surface area contributed by atoms with Crippen LogP contribution in [-0.4, -0.2) is 9.97 Å². The van der Waals surface area contributed by atoms with Gasteiger partial charge in [0.15, 0.2) is 17.5 Å². The summed E-state index contributed by atoms with van der Waals surface area (Å²) >= 11 is 0. The monoisotopic (exact) mass is 292 g/mol. The van der Waals surface area contributed by atoms with E-state index in [2.05, 4.69) is 15.4 Å². The Morgan fingerprint density at radius 1 is 1.24 bits per heavy atom. The number of nitrogens with two attached hydrogens (primary N) is 1. The molecule has 0 bridgehead atoms. The first kappa shape index (κ1) is 13.7. The number of halogens is 2. The summed E-state index contributed by atoms with van der Waals surface area (Å²) in [6.45, 7) is 1.74. The van der Waals surface area contributed by atoms with E-state index in [-0.39, 0.29) is 11.6 Å². The molecule has 110 valence electrons. The number of rotatable bonds is 4. The van der Waals surface area contributed by atoms with Crippen LogP contribution in [0.15, 0.2) is 18.2 Å². The normalized spacial score (nSPS) is 14.1. The van der Waals surface area contributed by atoms with Gasteiger partial charge in [-0.15, -0.1) is 0 Å². The number of nitrogen functional groups attached to an aromatic ring is 1. The molecule has 1 fully saturated rings. The first-order chi connectivity index (χ1) is 10.1. The highest BCUT2D eigenvalue weighted by molar-refractivity contribution is 5.49. The zero-order chi connectivity index (χ0) is 15.0. The van der Waals surface area contributed by atoms with E-state index in [4.69, 9.17) is 10.6 Å². The Hall–Kier alpha value is -2.28. The molecule has 0 spiro atoms. The summed E-state index contributed by atoms with van der Waals surface area (Å²) in [7, 11) is 0. The number of benzene rings is 1. The summed E-state index contributed by atoms with van der Waals surface area (Å²) in [4.78, 5) is 8.67. The summed E-state index contributed by atoms with van der Waals surface area (Å²) < 4.78 is 31.7. The number of nitrogens with one attached hydrogen (secondary N) is 1. The molecule has 7 heteroatoms. The van der Waals surface area contributed by atoms with Crippen LogP contribution < -0.4 is 16.0 Å². The fourth-order valence-electron chi connectivity index (χ4n) is 1.93. The van der Waals surface area contributed by atoms with Crippen LogP contribution in [0.2, 0.25) is 0 Å². The van der Waals surface area contributed by atoms with Gasteiger partial charge in [0.25, 0.3) is 0 Å². The standard InChI is InChI=1S/C14H14F2N4O/c1-7-12(20-17)18-13(8-2-3-8)19-14(7)21-9-4-5-10(15)11(16)6-9/h4-6,8H,2-3,17H2,1H3,(H,18,19,20). The van der Waals surface area contributed by atoms with Crippen molar-refractivity contribution in [2.75, 3.05) is 5.43 Å². The summed E-state index contributed by atoms with van der Waals surface area (Å²) in [6.07, 6.45) is 2.05. The Balaban J connectivity index is 1.96. The average molecular weight is 292 g/mol. The Kier molecular flexibility index (Phi) is 3.42. The molecule has 0 unspecified atom stereocenters. The maximum absolute atomic E-state index is 13.2. The van der Waals surface area contributed by atoms with Crippen molar-refractivity contribution in [2.24, 2.45) is 5.84 Å². The van der Waals surface area contributed by atoms with Crippen molar-refractivity contribution in [1.82, 2.24) is 9.97 Å². The molecule has 3 rings (SSSR count). The Labute approximate surface area is 120 Å². The SMILES string of the molecule is Cc1c(NN)nc(C2CC2)nc1Oc1ccc(F)c(F)c1. The molecule has 1 saturated carbocycles. The lowest BCUT2D eigenvalue weighted by molar-refractivity contribution is 0.441. The van der Waals surface area contributed by atoms with Gasteiger partial charge in [0.2, 0.25) is 5.88 Å². The van der Waals surface area contributed by atoms with Gasteiger partial charge in [0.05, 0.1) is 5.56 Å². The number of nitrogens with zero attached hydrogens (tertiary/aromatic N) is 2. The van der Waals surface area contributed by atoms with Gasteiger partial charge in [0, 0.05) is 12.0 Å². The molecule has 0 aliphatic heterocycles. The molecule has 0 saturated heterocycles. The first-order valence-electron chi connectivity index (χ1n) is 6.56. The van der Waals surface area contributed by atoms with Gasteiger partial charge >= 0.3 is 0 Å². The predicted molar refractivity (Wildman–Crippen MR) is 73.0 cm³/mol. The van der Waals surface area contributed by atoms with Gasteiger partial charge in [-0.05, 0) is 31.9 Å². The molecule has 1 heterocycles. The molecule has 1 aromatic heterocycles. The molecular weight excluding hydrogens is 278 g/mol. The maximum atomic E-state index is 13.2. The van der Waals surface area contributed by atoms with Crippen molar-refractivity contribution in [3.63, 3.8) is 0 Å². The molecule has 0 atom stereocenters. The lowest BCUT2D eigenvalue weighted by Gasteiger charge is -2.12. The fourth-order valence-corrected chi connectivity index (χ4v) is 1.93. The second kappa shape index (κ2) is 5.25. The number of aromatic nitrogens is 2. The van der Waals surface area contributed by atoms with Crippen LogP contribution >= 0.6 is 0 Å². The lowest BCUT2D eigenvalue weighted by atomic mass is 10.3. The number of anilines is 1. The van der Waals surface area contributed by atoms with Gasteiger partial charge in [-0.2, -0.15) is 4.98 Å². The molecule has 1 aliphatic carbocycles. The van der Waals surface area contributed by atoms with Gasteiger partial charge in [-0.25, -0.2) is 19.6 Å². The van der Waals surface area contributed by atoms with Crippen LogP contribution in [0.3, 0.4) is 0 Å². The lowest BCUT2D eigenvalue weighted by Crippen LogP contribution is -2.13. The van der Waals surface area contributed by atoms with Crippen molar-refractivity contribution in [3.8, 4) is 11.6 Å². The number of hydrogen-bond acceptors (Lipinski definition) is 5. The second-order valence-corrected chi connectivity index (χ2v) is 4.96. The predicted octanol–water partition coefficient (Wildman–Crippen LogP) is 3.02. The minimum Gasteiger partial charge on any atom is -0.438 e. The van der Waals surface area contributed by atoms with Crippen LogP contribution in [0.5, 0.6) is 11.6 Å². The third-order valence-electron chi connectivity index (χ3n) is 3.30. The Morgan fingerprint density at radius 2 is 2.00 bits per heavy atom. The molecule has 21 heavy (non-hydrogen) atoms. The van der Waals surface area contributed by atoms with Crippen LogP contribution in [0.4, 0.5) is 14.6 Å². The smallest absolute Gasteiger partial charge is 0.227 e. The van der Waals surface area contributed by atoms with E-state index in [1.165, 1.54) is 6.07 Å². The molecule has 5 nitrogen and oxygen atoms in total. The molecule has 3 N–H and O–H groups in total.